The summed E-state index contributed by atoms with van der Waals surface area (Å²) in [7, 11) is 1.75. The molecule has 6 nitrogen and oxygen atoms in total. The number of aromatic nitrogens is 1. The van der Waals surface area contributed by atoms with Gasteiger partial charge in [0.1, 0.15) is 12.4 Å². The number of guanidine groups is 1. The summed E-state index contributed by atoms with van der Waals surface area (Å²) in [6.45, 7) is 4.73. The van der Waals surface area contributed by atoms with Crippen LogP contribution in [0, 0.1) is 12.8 Å². The lowest BCUT2D eigenvalue weighted by Crippen LogP contribution is -2.38. The summed E-state index contributed by atoms with van der Waals surface area (Å²) in [5.41, 5.74) is 2.30. The fourth-order valence-electron chi connectivity index (χ4n) is 2.47. The van der Waals surface area contributed by atoms with Gasteiger partial charge in [-0.1, -0.05) is 23.8 Å². The Labute approximate surface area is 161 Å². The Balaban J connectivity index is 1.33. The van der Waals surface area contributed by atoms with E-state index in [9.17, 15) is 0 Å². The van der Waals surface area contributed by atoms with Crippen molar-refractivity contribution in [1.29, 1.82) is 0 Å². The lowest BCUT2D eigenvalue weighted by molar-refractivity contribution is 0.288. The minimum atomic E-state index is 0.568. The van der Waals surface area contributed by atoms with Crippen molar-refractivity contribution >= 4 is 5.96 Å². The van der Waals surface area contributed by atoms with Crippen molar-refractivity contribution < 1.29 is 9.47 Å². The first-order valence-electron chi connectivity index (χ1n) is 9.44. The number of benzene rings is 1. The Kier molecular flexibility index (Phi) is 6.90. The molecule has 0 aliphatic heterocycles. The number of pyridine rings is 1. The molecule has 27 heavy (non-hydrogen) atoms. The van der Waals surface area contributed by atoms with Crippen molar-refractivity contribution in [2.75, 3.05) is 26.8 Å². The Bertz CT molecular complexity index is 725. The Morgan fingerprint density at radius 1 is 1.11 bits per heavy atom. The number of hydrogen-bond acceptors (Lipinski definition) is 4. The van der Waals surface area contributed by atoms with Gasteiger partial charge in [-0.05, 0) is 43.4 Å². The molecule has 0 unspecified atom stereocenters. The molecule has 3 rings (SSSR count). The monoisotopic (exact) mass is 368 g/mol. The summed E-state index contributed by atoms with van der Waals surface area (Å²) in [6.07, 6.45) is 4.40. The van der Waals surface area contributed by atoms with E-state index in [-0.39, 0.29) is 0 Å². The van der Waals surface area contributed by atoms with E-state index in [1.165, 1.54) is 18.4 Å². The van der Waals surface area contributed by atoms with Crippen LogP contribution in [0.2, 0.25) is 0 Å². The summed E-state index contributed by atoms with van der Waals surface area (Å²) < 4.78 is 11.4. The van der Waals surface area contributed by atoms with E-state index in [1.54, 1.807) is 7.05 Å². The summed E-state index contributed by atoms with van der Waals surface area (Å²) in [5, 5.41) is 6.52. The molecule has 1 aliphatic rings. The average molecular weight is 368 g/mol. The molecule has 2 aromatic rings. The van der Waals surface area contributed by atoms with Crippen LogP contribution in [0.4, 0.5) is 0 Å². The largest absolute Gasteiger partial charge is 0.492 e. The predicted octanol–water partition coefficient (Wildman–Crippen LogP) is 2.92. The molecule has 1 aromatic carbocycles. The van der Waals surface area contributed by atoms with Gasteiger partial charge in [-0.25, -0.2) is 4.98 Å². The van der Waals surface area contributed by atoms with Crippen molar-refractivity contribution in [3.05, 3.63) is 53.7 Å². The Hall–Kier alpha value is -2.76. The molecule has 1 fully saturated rings. The van der Waals surface area contributed by atoms with Crippen LogP contribution in [0.3, 0.4) is 0 Å². The zero-order valence-electron chi connectivity index (χ0n) is 16.1. The zero-order chi connectivity index (χ0) is 18.9. The maximum atomic E-state index is 5.71. The summed E-state index contributed by atoms with van der Waals surface area (Å²) in [4.78, 5) is 8.58. The molecule has 1 saturated carbocycles. The van der Waals surface area contributed by atoms with Gasteiger partial charge in [0, 0.05) is 25.9 Å². The zero-order valence-corrected chi connectivity index (χ0v) is 16.1. The third kappa shape index (κ3) is 6.81. The van der Waals surface area contributed by atoms with Gasteiger partial charge in [0.2, 0.25) is 5.88 Å². The second-order valence-corrected chi connectivity index (χ2v) is 6.77. The smallest absolute Gasteiger partial charge is 0.213 e. The number of aryl methyl sites for hydroxylation is 1. The SMILES string of the molecule is CN=C(NCCOc1ccc(C)cc1)NCc1ccc(OCC2CC2)nc1. The first kappa shape index (κ1) is 19.0. The van der Waals surface area contributed by atoms with Crippen LogP contribution in [0.5, 0.6) is 11.6 Å². The van der Waals surface area contributed by atoms with E-state index in [0.29, 0.717) is 25.6 Å². The molecule has 144 valence electrons. The van der Waals surface area contributed by atoms with Gasteiger partial charge in [0.05, 0.1) is 13.2 Å². The van der Waals surface area contributed by atoms with Gasteiger partial charge in [-0.15, -0.1) is 0 Å². The van der Waals surface area contributed by atoms with Crippen LogP contribution in [0.25, 0.3) is 0 Å². The predicted molar refractivity (Wildman–Crippen MR) is 107 cm³/mol. The second kappa shape index (κ2) is 9.80. The number of hydrogen-bond donors (Lipinski definition) is 2. The van der Waals surface area contributed by atoms with E-state index < -0.39 is 0 Å². The minimum Gasteiger partial charge on any atom is -0.492 e. The summed E-state index contributed by atoms with van der Waals surface area (Å²) >= 11 is 0. The Morgan fingerprint density at radius 2 is 1.93 bits per heavy atom. The molecule has 0 bridgehead atoms. The third-order valence-corrected chi connectivity index (χ3v) is 4.33. The van der Waals surface area contributed by atoms with Crippen molar-refractivity contribution in [2.45, 2.75) is 26.3 Å². The van der Waals surface area contributed by atoms with Gasteiger partial charge in [-0.2, -0.15) is 0 Å². The first-order valence-corrected chi connectivity index (χ1v) is 9.44. The molecule has 0 radical (unpaired) electrons. The highest BCUT2D eigenvalue weighted by Crippen LogP contribution is 2.29. The molecule has 0 atom stereocenters. The molecule has 0 saturated heterocycles. The van der Waals surface area contributed by atoms with Crippen LogP contribution >= 0.6 is 0 Å². The fourth-order valence-corrected chi connectivity index (χ4v) is 2.47. The lowest BCUT2D eigenvalue weighted by atomic mass is 10.2. The first-order chi connectivity index (χ1) is 13.2. The number of ether oxygens (including phenoxy) is 2. The summed E-state index contributed by atoms with van der Waals surface area (Å²) in [5.74, 6) is 3.04. The molecule has 1 aromatic heterocycles. The van der Waals surface area contributed by atoms with Crippen molar-refractivity contribution in [1.82, 2.24) is 15.6 Å². The van der Waals surface area contributed by atoms with Gasteiger partial charge in [0.15, 0.2) is 5.96 Å². The Morgan fingerprint density at radius 3 is 2.59 bits per heavy atom. The number of nitrogens with zero attached hydrogens (tertiary/aromatic N) is 2. The second-order valence-electron chi connectivity index (χ2n) is 6.77. The van der Waals surface area contributed by atoms with Crippen molar-refractivity contribution in [3.8, 4) is 11.6 Å². The third-order valence-electron chi connectivity index (χ3n) is 4.33. The molecule has 2 N–H and O–H groups in total. The quantitative estimate of drug-likeness (QED) is 0.405. The molecule has 1 aliphatic carbocycles. The fraction of sp³-hybridized carbons (Fsp3) is 0.429. The normalized spacial score (nSPS) is 13.9. The number of rotatable bonds is 9. The topological polar surface area (TPSA) is 67.8 Å². The average Bonchev–Trinajstić information content (AvgIpc) is 3.52. The molecular weight excluding hydrogens is 340 g/mol. The van der Waals surface area contributed by atoms with E-state index in [4.69, 9.17) is 9.47 Å². The molecule has 1 heterocycles. The van der Waals surface area contributed by atoms with Crippen LogP contribution in [-0.2, 0) is 6.54 Å². The molecular formula is C21H28N4O2. The number of aliphatic imine (C=N–C) groups is 1. The summed E-state index contributed by atoms with van der Waals surface area (Å²) in [6, 6.07) is 12.0. The highest BCUT2D eigenvalue weighted by atomic mass is 16.5. The van der Waals surface area contributed by atoms with E-state index >= 15 is 0 Å². The highest BCUT2D eigenvalue weighted by molar-refractivity contribution is 5.79. The van der Waals surface area contributed by atoms with Crippen LogP contribution < -0.4 is 20.1 Å². The van der Waals surface area contributed by atoms with Crippen LogP contribution in [0.1, 0.15) is 24.0 Å². The van der Waals surface area contributed by atoms with E-state index in [1.807, 2.05) is 42.6 Å². The highest BCUT2D eigenvalue weighted by Gasteiger charge is 2.21. The van der Waals surface area contributed by atoms with E-state index in [2.05, 4.69) is 27.5 Å². The van der Waals surface area contributed by atoms with Gasteiger partial charge in [-0.3, -0.25) is 4.99 Å². The molecule has 0 amide bonds. The van der Waals surface area contributed by atoms with E-state index in [0.717, 1.165) is 29.8 Å². The van der Waals surface area contributed by atoms with Gasteiger partial charge < -0.3 is 20.1 Å². The standard InChI is InChI=1S/C21H28N4O2/c1-16-3-8-19(9-4-16)26-12-11-23-21(22-2)25-14-18-7-10-20(24-13-18)27-15-17-5-6-17/h3-4,7-10,13,17H,5-6,11-12,14-15H2,1-2H3,(H2,22,23,25). The van der Waals surface area contributed by atoms with Crippen LogP contribution in [0.15, 0.2) is 47.6 Å². The molecule has 0 spiro atoms. The maximum absolute atomic E-state index is 5.71. The van der Waals surface area contributed by atoms with Crippen LogP contribution in [-0.4, -0.2) is 37.7 Å². The number of nitrogens with one attached hydrogen (secondary N) is 2. The lowest BCUT2D eigenvalue weighted by Gasteiger charge is -2.13. The van der Waals surface area contributed by atoms with Crippen molar-refractivity contribution in [3.63, 3.8) is 0 Å². The minimum absolute atomic E-state index is 0.568. The van der Waals surface area contributed by atoms with Gasteiger partial charge >= 0.3 is 0 Å². The van der Waals surface area contributed by atoms with Crippen molar-refractivity contribution in [2.24, 2.45) is 10.9 Å². The van der Waals surface area contributed by atoms with Gasteiger partial charge in [0.25, 0.3) is 0 Å². The molecule has 6 heteroatoms. The maximum Gasteiger partial charge on any atom is 0.213 e.